The van der Waals surface area contributed by atoms with Gasteiger partial charge < -0.3 is 9.64 Å². The standard InChI is InChI=1S/C20H21BrN4O4/c1-14-4-9-19(18(21)11-14)29-13-20(26)23-22-12-17-3-2-10-24(17)15-5-7-16(8-6-15)25(27)28/h4-9,11-12,17H,2-3,10,13H2,1H3,(H,23,26)/b22-12+. The molecule has 1 heterocycles. The molecule has 1 atom stereocenters. The number of carbonyl (C=O) groups excluding carboxylic acids is 1. The van der Waals surface area contributed by atoms with Crippen molar-refractivity contribution in [1.29, 1.82) is 0 Å². The van der Waals surface area contributed by atoms with E-state index in [2.05, 4.69) is 31.4 Å². The summed E-state index contributed by atoms with van der Waals surface area (Å²) in [5.41, 5.74) is 4.52. The van der Waals surface area contributed by atoms with Crippen LogP contribution in [-0.2, 0) is 4.79 Å². The third-order valence-electron chi connectivity index (χ3n) is 4.57. The van der Waals surface area contributed by atoms with Crippen molar-refractivity contribution in [2.24, 2.45) is 5.10 Å². The number of halogens is 1. The molecular weight excluding hydrogens is 440 g/mol. The second-order valence-electron chi connectivity index (χ2n) is 6.71. The molecule has 0 saturated carbocycles. The normalized spacial score (nSPS) is 16.2. The predicted molar refractivity (Wildman–Crippen MR) is 114 cm³/mol. The Morgan fingerprint density at radius 2 is 2.14 bits per heavy atom. The Bertz CT molecular complexity index is 917. The number of nitro groups is 1. The topological polar surface area (TPSA) is 97.1 Å². The van der Waals surface area contributed by atoms with Gasteiger partial charge in [-0.05, 0) is 65.5 Å². The first kappa shape index (κ1) is 20.8. The van der Waals surface area contributed by atoms with Gasteiger partial charge in [-0.1, -0.05) is 6.07 Å². The van der Waals surface area contributed by atoms with Crippen LogP contribution in [0, 0.1) is 17.0 Å². The molecule has 0 bridgehead atoms. The summed E-state index contributed by atoms with van der Waals surface area (Å²) in [5.74, 6) is 0.239. The highest BCUT2D eigenvalue weighted by atomic mass is 79.9. The minimum absolute atomic E-state index is 0.0175. The molecule has 0 aliphatic carbocycles. The highest BCUT2D eigenvalue weighted by molar-refractivity contribution is 9.10. The van der Waals surface area contributed by atoms with Gasteiger partial charge >= 0.3 is 0 Å². The summed E-state index contributed by atoms with van der Waals surface area (Å²) in [6.07, 6.45) is 3.56. The molecule has 1 N–H and O–H groups in total. The summed E-state index contributed by atoms with van der Waals surface area (Å²) in [5, 5.41) is 14.9. The number of carbonyl (C=O) groups is 1. The molecule has 8 nitrogen and oxygen atoms in total. The van der Waals surface area contributed by atoms with Crippen LogP contribution in [0.25, 0.3) is 0 Å². The Kier molecular flexibility index (Phi) is 6.82. The van der Waals surface area contributed by atoms with Crippen LogP contribution in [0.3, 0.4) is 0 Å². The number of amides is 1. The van der Waals surface area contributed by atoms with Gasteiger partial charge in [0.1, 0.15) is 5.75 Å². The lowest BCUT2D eigenvalue weighted by Gasteiger charge is -2.23. The minimum atomic E-state index is -0.417. The summed E-state index contributed by atoms with van der Waals surface area (Å²) in [4.78, 5) is 24.5. The van der Waals surface area contributed by atoms with Gasteiger partial charge in [-0.2, -0.15) is 5.10 Å². The fraction of sp³-hybridized carbons (Fsp3) is 0.300. The van der Waals surface area contributed by atoms with Gasteiger partial charge in [0.15, 0.2) is 6.61 Å². The highest BCUT2D eigenvalue weighted by Gasteiger charge is 2.23. The van der Waals surface area contributed by atoms with Crippen LogP contribution in [0.4, 0.5) is 11.4 Å². The number of hydrazone groups is 1. The SMILES string of the molecule is Cc1ccc(OCC(=O)N/N=C/C2CCCN2c2ccc([N+](=O)[O-])cc2)c(Br)c1. The summed E-state index contributed by atoms with van der Waals surface area (Å²) in [7, 11) is 0. The maximum Gasteiger partial charge on any atom is 0.277 e. The lowest BCUT2D eigenvalue weighted by atomic mass is 10.2. The van der Waals surface area contributed by atoms with E-state index in [1.54, 1.807) is 24.4 Å². The molecule has 1 fully saturated rings. The zero-order chi connectivity index (χ0) is 20.8. The number of aryl methyl sites for hydroxylation is 1. The molecule has 0 aromatic heterocycles. The Morgan fingerprint density at radius 1 is 1.38 bits per heavy atom. The van der Waals surface area contributed by atoms with Gasteiger partial charge in [-0.15, -0.1) is 0 Å². The first-order valence-electron chi connectivity index (χ1n) is 9.16. The number of nitrogens with one attached hydrogen (secondary N) is 1. The van der Waals surface area contributed by atoms with Gasteiger partial charge in [-0.25, -0.2) is 5.43 Å². The van der Waals surface area contributed by atoms with Gasteiger partial charge in [0.05, 0.1) is 15.4 Å². The second-order valence-corrected chi connectivity index (χ2v) is 7.57. The van der Waals surface area contributed by atoms with Crippen LogP contribution < -0.4 is 15.1 Å². The van der Waals surface area contributed by atoms with E-state index in [0.717, 1.165) is 35.1 Å². The molecule has 1 saturated heterocycles. The Hall–Kier alpha value is -2.94. The van der Waals surface area contributed by atoms with Crippen LogP contribution >= 0.6 is 15.9 Å². The number of non-ortho nitro benzene ring substituents is 1. The molecule has 0 spiro atoms. The van der Waals surface area contributed by atoms with Gasteiger partial charge in [0, 0.05) is 30.6 Å². The summed E-state index contributed by atoms with van der Waals surface area (Å²) in [6, 6.07) is 12.1. The van der Waals surface area contributed by atoms with E-state index in [-0.39, 0.29) is 24.2 Å². The van der Waals surface area contributed by atoms with Crippen molar-refractivity contribution < 1.29 is 14.5 Å². The third kappa shape index (κ3) is 5.54. The third-order valence-corrected chi connectivity index (χ3v) is 5.19. The van der Waals surface area contributed by atoms with Crippen molar-refractivity contribution in [2.45, 2.75) is 25.8 Å². The van der Waals surface area contributed by atoms with Crippen molar-refractivity contribution >= 4 is 39.4 Å². The van der Waals surface area contributed by atoms with Crippen molar-refractivity contribution in [3.63, 3.8) is 0 Å². The average molecular weight is 461 g/mol. The zero-order valence-electron chi connectivity index (χ0n) is 15.9. The maximum absolute atomic E-state index is 12.0. The molecule has 3 rings (SSSR count). The fourth-order valence-electron chi connectivity index (χ4n) is 3.13. The van der Waals surface area contributed by atoms with Gasteiger partial charge in [0.25, 0.3) is 11.6 Å². The number of benzene rings is 2. The molecule has 1 unspecified atom stereocenters. The summed E-state index contributed by atoms with van der Waals surface area (Å²) < 4.78 is 6.29. The fourth-order valence-corrected chi connectivity index (χ4v) is 3.74. The molecule has 2 aromatic carbocycles. The molecule has 29 heavy (non-hydrogen) atoms. The lowest BCUT2D eigenvalue weighted by Crippen LogP contribution is -2.32. The van der Waals surface area contributed by atoms with Gasteiger partial charge in [0.2, 0.25) is 0 Å². The predicted octanol–water partition coefficient (Wildman–Crippen LogP) is 3.82. The highest BCUT2D eigenvalue weighted by Crippen LogP contribution is 2.27. The molecule has 0 radical (unpaired) electrons. The van der Waals surface area contributed by atoms with E-state index in [1.807, 2.05) is 19.1 Å². The molecule has 1 aliphatic heterocycles. The molecule has 1 amide bonds. The Balaban J connectivity index is 1.52. The Morgan fingerprint density at radius 3 is 2.83 bits per heavy atom. The molecule has 152 valence electrons. The smallest absolute Gasteiger partial charge is 0.277 e. The van der Waals surface area contributed by atoms with E-state index >= 15 is 0 Å². The monoisotopic (exact) mass is 460 g/mol. The van der Waals surface area contributed by atoms with Crippen LogP contribution in [-0.4, -0.2) is 36.2 Å². The van der Waals surface area contributed by atoms with Crippen molar-refractivity contribution in [1.82, 2.24) is 5.43 Å². The van der Waals surface area contributed by atoms with Crippen molar-refractivity contribution in [3.8, 4) is 5.75 Å². The number of hydrogen-bond acceptors (Lipinski definition) is 6. The average Bonchev–Trinajstić information content (AvgIpc) is 3.16. The number of nitro benzene ring substituents is 1. The lowest BCUT2D eigenvalue weighted by molar-refractivity contribution is -0.384. The van der Waals surface area contributed by atoms with E-state index in [4.69, 9.17) is 4.74 Å². The van der Waals surface area contributed by atoms with Gasteiger partial charge in [-0.3, -0.25) is 14.9 Å². The molecule has 2 aromatic rings. The van der Waals surface area contributed by atoms with Crippen molar-refractivity contribution in [2.75, 3.05) is 18.1 Å². The largest absolute Gasteiger partial charge is 0.483 e. The van der Waals surface area contributed by atoms with E-state index in [0.29, 0.717) is 5.75 Å². The van der Waals surface area contributed by atoms with E-state index < -0.39 is 4.92 Å². The molecular formula is C20H21BrN4O4. The van der Waals surface area contributed by atoms with Crippen LogP contribution in [0.15, 0.2) is 52.0 Å². The number of anilines is 1. The summed E-state index contributed by atoms with van der Waals surface area (Å²) >= 11 is 3.41. The van der Waals surface area contributed by atoms with E-state index in [9.17, 15) is 14.9 Å². The minimum Gasteiger partial charge on any atom is -0.483 e. The zero-order valence-corrected chi connectivity index (χ0v) is 17.5. The van der Waals surface area contributed by atoms with Crippen molar-refractivity contribution in [3.05, 3.63) is 62.6 Å². The van der Waals surface area contributed by atoms with Crippen LogP contribution in [0.5, 0.6) is 5.75 Å². The quantitative estimate of drug-likeness (QED) is 0.384. The summed E-state index contributed by atoms with van der Waals surface area (Å²) in [6.45, 7) is 2.65. The maximum atomic E-state index is 12.0. The number of nitrogens with zero attached hydrogens (tertiary/aromatic N) is 3. The number of hydrogen-bond donors (Lipinski definition) is 1. The van der Waals surface area contributed by atoms with Crippen LogP contribution in [0.1, 0.15) is 18.4 Å². The number of ether oxygens (including phenoxy) is 1. The van der Waals surface area contributed by atoms with E-state index in [1.165, 1.54) is 12.1 Å². The second kappa shape index (κ2) is 9.51. The first-order chi connectivity index (χ1) is 13.9. The molecule has 1 aliphatic rings. The molecule has 9 heteroatoms. The first-order valence-corrected chi connectivity index (χ1v) is 9.95. The Labute approximate surface area is 176 Å². The number of rotatable bonds is 7. The van der Waals surface area contributed by atoms with Crippen LogP contribution in [0.2, 0.25) is 0 Å².